The summed E-state index contributed by atoms with van der Waals surface area (Å²) in [5.41, 5.74) is 1.43. The number of carbonyl (C=O) groups excluding carboxylic acids is 1. The number of amides is 1. The topological polar surface area (TPSA) is 42.0 Å². The first-order chi connectivity index (χ1) is 10.3. The van der Waals surface area contributed by atoms with Gasteiger partial charge in [-0.3, -0.25) is 4.79 Å². The summed E-state index contributed by atoms with van der Waals surface area (Å²) in [7, 11) is 0. The van der Waals surface area contributed by atoms with Crippen LogP contribution in [0, 0.1) is 17.3 Å². The van der Waals surface area contributed by atoms with Gasteiger partial charge in [-0.2, -0.15) is 0 Å². The summed E-state index contributed by atoms with van der Waals surface area (Å²) >= 11 is 3.30. The normalized spacial score (nSPS) is 10.5. The molecule has 0 spiro atoms. The number of hydrogen-bond donors (Lipinski definition) is 1. The van der Waals surface area contributed by atoms with E-state index >= 15 is 0 Å². The maximum absolute atomic E-state index is 12.1. The number of hydrogen-bond acceptors (Lipinski definition) is 2. The van der Waals surface area contributed by atoms with Crippen LogP contribution in [0.3, 0.4) is 0 Å². The largest absolute Gasteiger partial charge is 0.307 e. The van der Waals surface area contributed by atoms with Crippen molar-refractivity contribution in [3.8, 4) is 11.8 Å². The Morgan fingerprint density at radius 2 is 1.82 bits per heavy atom. The van der Waals surface area contributed by atoms with Crippen LogP contribution in [-0.4, -0.2) is 10.9 Å². The van der Waals surface area contributed by atoms with Crippen molar-refractivity contribution in [3.05, 3.63) is 58.2 Å². The van der Waals surface area contributed by atoms with Gasteiger partial charge in [0, 0.05) is 27.2 Å². The van der Waals surface area contributed by atoms with Crippen molar-refractivity contribution in [3.63, 3.8) is 0 Å². The van der Waals surface area contributed by atoms with Crippen LogP contribution in [0.1, 0.15) is 36.7 Å². The fourth-order valence-corrected chi connectivity index (χ4v) is 1.84. The number of benzene rings is 1. The average Bonchev–Trinajstić information content (AvgIpc) is 2.47. The molecule has 0 saturated carbocycles. The predicted octanol–water partition coefficient (Wildman–Crippen LogP) is 4.49. The second-order valence-corrected chi connectivity index (χ2v) is 6.81. The molecule has 1 N–H and O–H groups in total. The molecule has 3 nitrogen and oxygen atoms in total. The molecular weight excluding hydrogens is 340 g/mol. The highest BCUT2D eigenvalue weighted by Gasteiger charge is 2.07. The minimum Gasteiger partial charge on any atom is -0.307 e. The Hall–Kier alpha value is -2.12. The van der Waals surface area contributed by atoms with Crippen LogP contribution in [0.4, 0.5) is 5.82 Å². The Balaban J connectivity index is 2.07. The molecular formula is C18H17BrN2O. The highest BCUT2D eigenvalue weighted by molar-refractivity contribution is 9.10. The smallest absolute Gasteiger partial charge is 0.256 e. The van der Waals surface area contributed by atoms with Gasteiger partial charge < -0.3 is 5.32 Å². The third-order valence-electron chi connectivity index (χ3n) is 2.70. The molecule has 2 aromatic rings. The van der Waals surface area contributed by atoms with Gasteiger partial charge in [0.2, 0.25) is 0 Å². The Bertz CT molecular complexity index is 717. The van der Waals surface area contributed by atoms with Gasteiger partial charge in [0.15, 0.2) is 0 Å². The first kappa shape index (κ1) is 16.3. The Morgan fingerprint density at radius 1 is 1.14 bits per heavy atom. The Labute approximate surface area is 139 Å². The molecule has 0 aliphatic carbocycles. The number of halogens is 1. The van der Waals surface area contributed by atoms with Gasteiger partial charge in [0.25, 0.3) is 5.91 Å². The van der Waals surface area contributed by atoms with Gasteiger partial charge in [-0.05, 0) is 73.1 Å². The quantitative estimate of drug-likeness (QED) is 0.805. The van der Waals surface area contributed by atoms with Crippen LogP contribution in [0.2, 0.25) is 0 Å². The summed E-state index contributed by atoms with van der Waals surface area (Å²) < 4.78 is 0.868. The van der Waals surface area contributed by atoms with Crippen molar-refractivity contribution >= 4 is 27.7 Å². The van der Waals surface area contributed by atoms with E-state index in [9.17, 15) is 4.79 Å². The number of nitrogens with zero attached hydrogens (tertiary/aromatic N) is 1. The van der Waals surface area contributed by atoms with Crippen molar-refractivity contribution in [2.45, 2.75) is 20.8 Å². The van der Waals surface area contributed by atoms with E-state index in [4.69, 9.17) is 0 Å². The zero-order valence-corrected chi connectivity index (χ0v) is 14.4. The second-order valence-electron chi connectivity index (χ2n) is 5.89. The molecule has 4 heteroatoms. The molecule has 22 heavy (non-hydrogen) atoms. The first-order valence-electron chi connectivity index (χ1n) is 6.90. The highest BCUT2D eigenvalue weighted by Crippen LogP contribution is 2.13. The summed E-state index contributed by atoms with van der Waals surface area (Å²) in [5.74, 6) is 6.60. The van der Waals surface area contributed by atoms with Crippen LogP contribution in [0.25, 0.3) is 0 Å². The minimum absolute atomic E-state index is 0.0384. The van der Waals surface area contributed by atoms with Gasteiger partial charge in [-0.25, -0.2) is 4.98 Å². The van der Waals surface area contributed by atoms with E-state index in [-0.39, 0.29) is 11.3 Å². The van der Waals surface area contributed by atoms with E-state index in [0.29, 0.717) is 11.4 Å². The Kier molecular flexibility index (Phi) is 4.99. The van der Waals surface area contributed by atoms with Crippen LogP contribution in [0.5, 0.6) is 0 Å². The predicted molar refractivity (Wildman–Crippen MR) is 92.7 cm³/mol. The monoisotopic (exact) mass is 356 g/mol. The van der Waals surface area contributed by atoms with E-state index in [2.05, 4.69) is 58.8 Å². The van der Waals surface area contributed by atoms with E-state index in [0.717, 1.165) is 10.0 Å². The second kappa shape index (κ2) is 6.76. The SMILES string of the molecule is CC(C)(C)C#Cc1ccc(C(=O)Nc2ccc(Br)cn2)cc1. The molecule has 0 saturated heterocycles. The Morgan fingerprint density at radius 3 is 2.36 bits per heavy atom. The zero-order chi connectivity index (χ0) is 16.2. The van der Waals surface area contributed by atoms with E-state index in [1.807, 2.05) is 18.2 Å². The number of aromatic nitrogens is 1. The molecule has 1 aromatic heterocycles. The molecule has 0 aliphatic heterocycles. The van der Waals surface area contributed by atoms with Gasteiger partial charge in [0.1, 0.15) is 5.82 Å². The molecule has 2 rings (SSSR count). The lowest BCUT2D eigenvalue weighted by atomic mass is 9.97. The lowest BCUT2D eigenvalue weighted by molar-refractivity contribution is 0.102. The molecule has 0 radical (unpaired) electrons. The average molecular weight is 357 g/mol. The fourth-order valence-electron chi connectivity index (χ4n) is 1.60. The van der Waals surface area contributed by atoms with Crippen LogP contribution >= 0.6 is 15.9 Å². The lowest BCUT2D eigenvalue weighted by Crippen LogP contribution is -2.12. The molecule has 1 aromatic carbocycles. The molecule has 0 bridgehead atoms. The van der Waals surface area contributed by atoms with Crippen molar-refractivity contribution in [1.29, 1.82) is 0 Å². The van der Waals surface area contributed by atoms with Crippen molar-refractivity contribution < 1.29 is 4.79 Å². The highest BCUT2D eigenvalue weighted by atomic mass is 79.9. The number of carbonyl (C=O) groups is 1. The minimum atomic E-state index is -0.190. The molecule has 0 unspecified atom stereocenters. The standard InChI is InChI=1S/C18H17BrN2O/c1-18(2,3)11-10-13-4-6-14(7-5-13)17(22)21-16-9-8-15(19)12-20-16/h4-9,12H,1-3H3,(H,20,21,22). The molecule has 0 fully saturated rings. The van der Waals surface area contributed by atoms with E-state index in [1.165, 1.54) is 0 Å². The molecule has 0 atom stereocenters. The lowest BCUT2D eigenvalue weighted by Gasteiger charge is -2.07. The van der Waals surface area contributed by atoms with E-state index in [1.54, 1.807) is 24.4 Å². The van der Waals surface area contributed by atoms with Crippen molar-refractivity contribution in [2.24, 2.45) is 5.41 Å². The third-order valence-corrected chi connectivity index (χ3v) is 3.17. The molecule has 1 amide bonds. The fraction of sp³-hybridized carbons (Fsp3) is 0.222. The molecule has 112 valence electrons. The van der Waals surface area contributed by atoms with Crippen LogP contribution in [0.15, 0.2) is 47.1 Å². The third kappa shape index (κ3) is 5.01. The number of pyridine rings is 1. The van der Waals surface area contributed by atoms with Crippen LogP contribution < -0.4 is 5.32 Å². The number of nitrogens with one attached hydrogen (secondary N) is 1. The van der Waals surface area contributed by atoms with Crippen molar-refractivity contribution in [2.75, 3.05) is 5.32 Å². The number of rotatable bonds is 2. The summed E-state index contributed by atoms with van der Waals surface area (Å²) in [6.07, 6.45) is 1.64. The summed E-state index contributed by atoms with van der Waals surface area (Å²) in [5, 5.41) is 2.75. The summed E-state index contributed by atoms with van der Waals surface area (Å²) in [4.78, 5) is 16.2. The first-order valence-corrected chi connectivity index (χ1v) is 7.69. The zero-order valence-electron chi connectivity index (χ0n) is 12.8. The molecule has 0 aliphatic rings. The van der Waals surface area contributed by atoms with Crippen molar-refractivity contribution in [1.82, 2.24) is 4.98 Å². The maximum atomic E-state index is 12.1. The number of anilines is 1. The van der Waals surface area contributed by atoms with Gasteiger partial charge >= 0.3 is 0 Å². The summed E-state index contributed by atoms with van der Waals surface area (Å²) in [6, 6.07) is 10.8. The van der Waals surface area contributed by atoms with Gasteiger partial charge in [0.05, 0.1) is 0 Å². The van der Waals surface area contributed by atoms with Gasteiger partial charge in [-0.1, -0.05) is 11.8 Å². The maximum Gasteiger partial charge on any atom is 0.256 e. The molecule has 1 heterocycles. The van der Waals surface area contributed by atoms with E-state index < -0.39 is 0 Å². The van der Waals surface area contributed by atoms with Crippen LogP contribution in [-0.2, 0) is 0 Å². The van der Waals surface area contributed by atoms with Gasteiger partial charge in [-0.15, -0.1) is 0 Å². The summed E-state index contributed by atoms with van der Waals surface area (Å²) in [6.45, 7) is 6.19.